The van der Waals surface area contributed by atoms with Gasteiger partial charge in [-0.15, -0.1) is 11.8 Å². The minimum absolute atomic E-state index is 0.0244. The first-order valence-electron chi connectivity index (χ1n) is 5.82. The molecule has 0 fully saturated rings. The molecule has 1 N–H and O–H groups in total. The molecule has 0 aliphatic heterocycles. The quantitative estimate of drug-likeness (QED) is 0.818. The molecule has 0 saturated carbocycles. The second-order valence-corrected chi connectivity index (χ2v) is 5.21. The van der Waals surface area contributed by atoms with Crippen LogP contribution in [0.1, 0.15) is 23.9 Å². The first-order valence-corrected chi connectivity index (χ1v) is 6.97. The van der Waals surface area contributed by atoms with E-state index in [0.717, 1.165) is 22.8 Å². The fourth-order valence-corrected chi connectivity index (χ4v) is 2.55. The van der Waals surface area contributed by atoms with Gasteiger partial charge >= 0.3 is 0 Å². The van der Waals surface area contributed by atoms with Crippen molar-refractivity contribution in [1.29, 1.82) is 0 Å². The van der Waals surface area contributed by atoms with Gasteiger partial charge in [0.2, 0.25) is 5.91 Å². The molecule has 5 nitrogen and oxygen atoms in total. The number of aryl methyl sites for hydroxylation is 2. The Labute approximate surface area is 112 Å². The summed E-state index contributed by atoms with van der Waals surface area (Å²) in [6, 6.07) is 0.0437. The van der Waals surface area contributed by atoms with Crippen molar-refractivity contribution in [1.82, 2.24) is 10.5 Å². The summed E-state index contributed by atoms with van der Waals surface area (Å²) in [6.07, 6.45) is 0. The molecule has 18 heavy (non-hydrogen) atoms. The SMILES string of the molecule is COC[C@@H](C)NC(=O)CSCc1c(C)noc1C. The van der Waals surface area contributed by atoms with E-state index in [1.807, 2.05) is 20.8 Å². The number of rotatable bonds is 7. The van der Waals surface area contributed by atoms with Crippen LogP contribution in [0.15, 0.2) is 4.52 Å². The maximum absolute atomic E-state index is 11.6. The van der Waals surface area contributed by atoms with E-state index in [2.05, 4.69) is 10.5 Å². The lowest BCUT2D eigenvalue weighted by molar-refractivity contribution is -0.119. The number of carbonyl (C=O) groups is 1. The minimum Gasteiger partial charge on any atom is -0.383 e. The van der Waals surface area contributed by atoms with Crippen molar-refractivity contribution < 1.29 is 14.1 Å². The average molecular weight is 272 g/mol. The van der Waals surface area contributed by atoms with Crippen LogP contribution < -0.4 is 5.32 Å². The van der Waals surface area contributed by atoms with E-state index in [-0.39, 0.29) is 11.9 Å². The molecule has 0 aromatic carbocycles. The van der Waals surface area contributed by atoms with Gasteiger partial charge in [-0.3, -0.25) is 4.79 Å². The molecule has 6 heteroatoms. The Balaban J connectivity index is 2.27. The van der Waals surface area contributed by atoms with Gasteiger partial charge in [-0.25, -0.2) is 0 Å². The molecule has 0 spiro atoms. The Hall–Kier alpha value is -1.01. The summed E-state index contributed by atoms with van der Waals surface area (Å²) in [5, 5.41) is 6.75. The van der Waals surface area contributed by atoms with Crippen LogP contribution in [0, 0.1) is 13.8 Å². The van der Waals surface area contributed by atoms with Crippen molar-refractivity contribution in [2.75, 3.05) is 19.5 Å². The van der Waals surface area contributed by atoms with E-state index in [9.17, 15) is 4.79 Å². The van der Waals surface area contributed by atoms with Crippen LogP contribution in [-0.4, -0.2) is 36.6 Å². The van der Waals surface area contributed by atoms with Crippen LogP contribution in [0.4, 0.5) is 0 Å². The summed E-state index contributed by atoms with van der Waals surface area (Å²) >= 11 is 1.55. The summed E-state index contributed by atoms with van der Waals surface area (Å²) in [4.78, 5) is 11.6. The molecule has 0 radical (unpaired) electrons. The molecule has 1 aromatic heterocycles. The van der Waals surface area contributed by atoms with Crippen LogP contribution in [0.5, 0.6) is 0 Å². The number of aromatic nitrogens is 1. The van der Waals surface area contributed by atoms with Gasteiger partial charge in [-0.05, 0) is 20.8 Å². The lowest BCUT2D eigenvalue weighted by Crippen LogP contribution is -2.36. The van der Waals surface area contributed by atoms with Gasteiger partial charge in [0.15, 0.2) is 0 Å². The summed E-state index contributed by atoms with van der Waals surface area (Å²) in [7, 11) is 1.62. The molecule has 0 bridgehead atoms. The second kappa shape index (κ2) is 7.43. The van der Waals surface area contributed by atoms with Crippen molar-refractivity contribution in [3.63, 3.8) is 0 Å². The van der Waals surface area contributed by atoms with Crippen LogP contribution in [0.3, 0.4) is 0 Å². The van der Waals surface area contributed by atoms with E-state index in [1.54, 1.807) is 18.9 Å². The predicted octanol–water partition coefficient (Wildman–Crippen LogP) is 1.68. The summed E-state index contributed by atoms with van der Waals surface area (Å²) in [6.45, 7) is 6.24. The van der Waals surface area contributed by atoms with Gasteiger partial charge in [-0.2, -0.15) is 0 Å². The third-order valence-corrected chi connectivity index (χ3v) is 3.44. The highest BCUT2D eigenvalue weighted by Crippen LogP contribution is 2.19. The first-order chi connectivity index (χ1) is 8.54. The van der Waals surface area contributed by atoms with Crippen molar-refractivity contribution in [3.8, 4) is 0 Å². The Kier molecular flexibility index (Phi) is 6.21. The van der Waals surface area contributed by atoms with E-state index in [1.165, 1.54) is 0 Å². The number of nitrogens with one attached hydrogen (secondary N) is 1. The van der Waals surface area contributed by atoms with Gasteiger partial charge in [-0.1, -0.05) is 5.16 Å². The number of thioether (sulfide) groups is 1. The number of ether oxygens (including phenoxy) is 1. The molecule has 0 aliphatic rings. The maximum atomic E-state index is 11.6. The smallest absolute Gasteiger partial charge is 0.230 e. The van der Waals surface area contributed by atoms with Crippen LogP contribution >= 0.6 is 11.8 Å². The zero-order chi connectivity index (χ0) is 13.5. The Bertz CT molecular complexity index is 373. The third-order valence-electron chi connectivity index (χ3n) is 2.48. The molecule has 0 aliphatic carbocycles. The van der Waals surface area contributed by atoms with Crippen molar-refractivity contribution in [3.05, 3.63) is 17.0 Å². The zero-order valence-corrected chi connectivity index (χ0v) is 12.1. The number of hydrogen-bond donors (Lipinski definition) is 1. The highest BCUT2D eigenvalue weighted by atomic mass is 32.2. The van der Waals surface area contributed by atoms with Gasteiger partial charge in [0.25, 0.3) is 0 Å². The molecule has 1 rings (SSSR count). The number of carbonyl (C=O) groups excluding carboxylic acids is 1. The van der Waals surface area contributed by atoms with Crippen LogP contribution in [-0.2, 0) is 15.3 Å². The third kappa shape index (κ3) is 4.70. The Morgan fingerprint density at radius 2 is 2.28 bits per heavy atom. The molecule has 0 saturated heterocycles. The van der Waals surface area contributed by atoms with Crippen LogP contribution in [0.25, 0.3) is 0 Å². The van der Waals surface area contributed by atoms with Gasteiger partial charge in [0.1, 0.15) is 5.76 Å². The van der Waals surface area contributed by atoms with E-state index in [4.69, 9.17) is 9.26 Å². The van der Waals surface area contributed by atoms with Crippen molar-refractivity contribution in [2.45, 2.75) is 32.6 Å². The molecular formula is C12H20N2O3S. The lowest BCUT2D eigenvalue weighted by atomic mass is 10.2. The van der Waals surface area contributed by atoms with Crippen LogP contribution in [0.2, 0.25) is 0 Å². The molecule has 1 amide bonds. The second-order valence-electron chi connectivity index (χ2n) is 4.22. The normalized spacial score (nSPS) is 12.4. The maximum Gasteiger partial charge on any atom is 0.230 e. The van der Waals surface area contributed by atoms with Crippen molar-refractivity contribution in [2.24, 2.45) is 0 Å². The first kappa shape index (κ1) is 15.0. The summed E-state index contributed by atoms with van der Waals surface area (Å²) in [5.74, 6) is 2.02. The number of nitrogens with zero attached hydrogens (tertiary/aromatic N) is 1. The fraction of sp³-hybridized carbons (Fsp3) is 0.667. The minimum atomic E-state index is 0.0244. The van der Waals surface area contributed by atoms with Gasteiger partial charge in [0.05, 0.1) is 18.1 Å². The Morgan fingerprint density at radius 1 is 1.56 bits per heavy atom. The van der Waals surface area contributed by atoms with Gasteiger partial charge in [0, 0.05) is 24.5 Å². The number of hydrogen-bond acceptors (Lipinski definition) is 5. The highest BCUT2D eigenvalue weighted by molar-refractivity contribution is 7.99. The average Bonchev–Trinajstić information content (AvgIpc) is 2.60. The lowest BCUT2D eigenvalue weighted by Gasteiger charge is -2.12. The van der Waals surface area contributed by atoms with E-state index in [0.29, 0.717) is 12.4 Å². The molecule has 0 unspecified atom stereocenters. The molecule has 1 atom stereocenters. The van der Waals surface area contributed by atoms with E-state index < -0.39 is 0 Å². The number of amides is 1. The summed E-state index contributed by atoms with van der Waals surface area (Å²) < 4.78 is 10.0. The summed E-state index contributed by atoms with van der Waals surface area (Å²) in [5.41, 5.74) is 1.98. The van der Waals surface area contributed by atoms with Gasteiger partial charge < -0.3 is 14.6 Å². The molecule has 1 heterocycles. The molecule has 102 valence electrons. The standard InChI is InChI=1S/C12H20N2O3S/c1-8(5-16-4)13-12(15)7-18-6-11-9(2)14-17-10(11)3/h8H,5-7H2,1-4H3,(H,13,15)/t8-/m1/s1. The largest absolute Gasteiger partial charge is 0.383 e. The predicted molar refractivity (Wildman–Crippen MR) is 71.6 cm³/mol. The number of methoxy groups -OCH3 is 1. The monoisotopic (exact) mass is 272 g/mol. The van der Waals surface area contributed by atoms with Crippen molar-refractivity contribution >= 4 is 17.7 Å². The van der Waals surface area contributed by atoms with E-state index >= 15 is 0 Å². The highest BCUT2D eigenvalue weighted by Gasteiger charge is 2.11. The molecular weight excluding hydrogens is 252 g/mol. The molecule has 1 aromatic rings. The Morgan fingerprint density at radius 3 is 2.83 bits per heavy atom. The fourth-order valence-electron chi connectivity index (χ4n) is 1.56. The zero-order valence-electron chi connectivity index (χ0n) is 11.3. The topological polar surface area (TPSA) is 64.4 Å².